The van der Waals surface area contributed by atoms with Crippen molar-refractivity contribution in [3.05, 3.63) is 88.9 Å². The molecule has 2 unspecified atom stereocenters. The van der Waals surface area contributed by atoms with Crippen LogP contribution < -0.4 is 10.1 Å². The average Bonchev–Trinajstić information content (AvgIpc) is 2.77. The van der Waals surface area contributed by atoms with E-state index in [0.29, 0.717) is 18.2 Å². The van der Waals surface area contributed by atoms with Crippen molar-refractivity contribution >= 4 is 11.6 Å². The van der Waals surface area contributed by atoms with E-state index in [4.69, 9.17) is 21.4 Å². The number of benzene rings is 3. The molecule has 0 spiro atoms. The van der Waals surface area contributed by atoms with Crippen molar-refractivity contribution in [1.82, 2.24) is 5.32 Å². The summed E-state index contributed by atoms with van der Waals surface area (Å²) in [4.78, 5) is 0. The smallest absolute Gasteiger partial charge is 0.119 e. The summed E-state index contributed by atoms with van der Waals surface area (Å²) in [5, 5.41) is 23.2. The maximum atomic E-state index is 10.3. The fourth-order valence-corrected chi connectivity index (χ4v) is 3.51. The molecule has 0 fully saturated rings. The monoisotopic (exact) mass is 425 g/mol. The van der Waals surface area contributed by atoms with Crippen molar-refractivity contribution in [3.8, 4) is 16.9 Å². The molecule has 4 nitrogen and oxygen atoms in total. The number of rotatable bonds is 10. The molecule has 0 saturated carbocycles. The van der Waals surface area contributed by atoms with Crippen LogP contribution in [0.25, 0.3) is 11.1 Å². The third-order valence-corrected chi connectivity index (χ3v) is 5.17. The summed E-state index contributed by atoms with van der Waals surface area (Å²) in [7, 11) is 0. The lowest BCUT2D eigenvalue weighted by molar-refractivity contribution is 0.170. The third kappa shape index (κ3) is 6.57. The molecule has 3 aromatic rings. The molecule has 0 bridgehead atoms. The van der Waals surface area contributed by atoms with Crippen LogP contribution in [0.2, 0.25) is 5.02 Å². The Bertz CT molecular complexity index is 912. The van der Waals surface area contributed by atoms with Gasteiger partial charge in [-0.25, -0.2) is 0 Å². The molecule has 0 aromatic heterocycles. The van der Waals surface area contributed by atoms with E-state index in [1.54, 1.807) is 12.1 Å². The molecule has 2 atom stereocenters. The summed E-state index contributed by atoms with van der Waals surface area (Å²) in [6.45, 7) is 2.90. The maximum absolute atomic E-state index is 10.3. The molecule has 3 rings (SSSR count). The van der Waals surface area contributed by atoms with Crippen LogP contribution in [0.3, 0.4) is 0 Å². The highest BCUT2D eigenvalue weighted by Crippen LogP contribution is 2.23. The summed E-state index contributed by atoms with van der Waals surface area (Å²) in [6, 6.07) is 23.9. The van der Waals surface area contributed by atoms with Gasteiger partial charge < -0.3 is 20.3 Å². The minimum absolute atomic E-state index is 0.00998. The SMILES string of the molecule is CC(Cc1ccc(-c2ccc(OCCO)cc2)cc1)NCC(O)c1cccc(Cl)c1. The van der Waals surface area contributed by atoms with E-state index < -0.39 is 6.10 Å². The summed E-state index contributed by atoms with van der Waals surface area (Å²) in [6.07, 6.45) is 0.286. The van der Waals surface area contributed by atoms with Crippen LogP contribution in [0.1, 0.15) is 24.2 Å². The molecular weight excluding hydrogens is 398 g/mol. The maximum Gasteiger partial charge on any atom is 0.119 e. The predicted molar refractivity (Wildman–Crippen MR) is 122 cm³/mol. The number of aliphatic hydroxyl groups excluding tert-OH is 2. The molecule has 0 aliphatic rings. The third-order valence-electron chi connectivity index (χ3n) is 4.94. The topological polar surface area (TPSA) is 61.7 Å². The summed E-state index contributed by atoms with van der Waals surface area (Å²) in [5.74, 6) is 0.754. The number of halogens is 1. The van der Waals surface area contributed by atoms with Crippen molar-refractivity contribution in [1.29, 1.82) is 0 Å². The molecule has 0 aliphatic heterocycles. The van der Waals surface area contributed by atoms with Gasteiger partial charge in [0.25, 0.3) is 0 Å². The van der Waals surface area contributed by atoms with Crippen molar-refractivity contribution in [2.75, 3.05) is 19.8 Å². The second-order valence-corrected chi connectivity index (χ2v) is 7.81. The van der Waals surface area contributed by atoms with Gasteiger partial charge in [0.2, 0.25) is 0 Å². The number of nitrogens with one attached hydrogen (secondary N) is 1. The molecule has 5 heteroatoms. The highest BCUT2D eigenvalue weighted by Gasteiger charge is 2.10. The first-order valence-corrected chi connectivity index (χ1v) is 10.5. The average molecular weight is 426 g/mol. The standard InChI is InChI=1S/C25H28ClNO3/c1-18(27-17-25(29)22-3-2-4-23(26)16-22)15-19-5-7-20(8-6-19)21-9-11-24(12-10-21)30-14-13-28/h2-12,16,18,25,27-29H,13-15,17H2,1H3. The second-order valence-electron chi connectivity index (χ2n) is 7.38. The van der Waals surface area contributed by atoms with Gasteiger partial charge in [0.1, 0.15) is 12.4 Å². The van der Waals surface area contributed by atoms with Crippen LogP contribution in [0.5, 0.6) is 5.75 Å². The van der Waals surface area contributed by atoms with Gasteiger partial charge in [-0.15, -0.1) is 0 Å². The number of hydrogen-bond donors (Lipinski definition) is 3. The van der Waals surface area contributed by atoms with E-state index in [1.807, 2.05) is 36.4 Å². The Labute approximate surface area is 183 Å². The quantitative estimate of drug-likeness (QED) is 0.443. The van der Waals surface area contributed by atoms with Crippen molar-refractivity contribution < 1.29 is 14.9 Å². The lowest BCUT2D eigenvalue weighted by atomic mass is 10.0. The van der Waals surface area contributed by atoms with E-state index in [-0.39, 0.29) is 12.6 Å². The lowest BCUT2D eigenvalue weighted by Crippen LogP contribution is -2.32. The van der Waals surface area contributed by atoms with Crippen LogP contribution in [-0.4, -0.2) is 36.0 Å². The van der Waals surface area contributed by atoms with Crippen LogP contribution in [-0.2, 0) is 6.42 Å². The van der Waals surface area contributed by atoms with Crippen LogP contribution in [0.15, 0.2) is 72.8 Å². The molecule has 0 amide bonds. The van der Waals surface area contributed by atoms with Crippen LogP contribution in [0.4, 0.5) is 0 Å². The first-order valence-electron chi connectivity index (χ1n) is 10.1. The van der Waals surface area contributed by atoms with E-state index in [9.17, 15) is 5.11 Å². The second kappa shape index (κ2) is 11.1. The van der Waals surface area contributed by atoms with E-state index >= 15 is 0 Å². The Morgan fingerprint density at radius 3 is 2.27 bits per heavy atom. The molecule has 0 heterocycles. The molecule has 3 aromatic carbocycles. The summed E-state index contributed by atoms with van der Waals surface area (Å²) in [5.41, 5.74) is 4.32. The van der Waals surface area contributed by atoms with Gasteiger partial charge in [-0.3, -0.25) is 0 Å². The molecular formula is C25H28ClNO3. The molecule has 30 heavy (non-hydrogen) atoms. The molecule has 0 saturated heterocycles. The van der Waals surface area contributed by atoms with Crippen molar-refractivity contribution in [2.24, 2.45) is 0 Å². The Morgan fingerprint density at radius 1 is 0.967 bits per heavy atom. The number of aliphatic hydroxyl groups is 2. The zero-order valence-electron chi connectivity index (χ0n) is 17.1. The number of hydrogen-bond acceptors (Lipinski definition) is 4. The first kappa shape index (κ1) is 22.3. The fourth-order valence-electron chi connectivity index (χ4n) is 3.31. The van der Waals surface area contributed by atoms with Gasteiger partial charge in [0, 0.05) is 17.6 Å². The molecule has 158 valence electrons. The summed E-state index contributed by atoms with van der Waals surface area (Å²) < 4.78 is 5.40. The van der Waals surface area contributed by atoms with Gasteiger partial charge in [-0.05, 0) is 59.9 Å². The highest BCUT2D eigenvalue weighted by molar-refractivity contribution is 6.30. The fraction of sp³-hybridized carbons (Fsp3) is 0.280. The summed E-state index contributed by atoms with van der Waals surface area (Å²) >= 11 is 6.00. The highest BCUT2D eigenvalue weighted by atomic mass is 35.5. The van der Waals surface area contributed by atoms with Crippen molar-refractivity contribution in [2.45, 2.75) is 25.5 Å². The Kier molecular flexibility index (Phi) is 8.29. The minimum Gasteiger partial charge on any atom is -0.491 e. The van der Waals surface area contributed by atoms with E-state index in [1.165, 1.54) is 5.56 Å². The Hall–Kier alpha value is -2.37. The van der Waals surface area contributed by atoms with Gasteiger partial charge in [-0.1, -0.05) is 60.1 Å². The van der Waals surface area contributed by atoms with Gasteiger partial charge >= 0.3 is 0 Å². The van der Waals surface area contributed by atoms with Gasteiger partial charge in [0.15, 0.2) is 0 Å². The molecule has 0 radical (unpaired) electrons. The van der Waals surface area contributed by atoms with Crippen LogP contribution >= 0.6 is 11.6 Å². The first-order chi connectivity index (χ1) is 14.5. The molecule has 3 N–H and O–H groups in total. The Balaban J connectivity index is 1.51. The lowest BCUT2D eigenvalue weighted by Gasteiger charge is -2.18. The van der Waals surface area contributed by atoms with E-state index in [0.717, 1.165) is 28.9 Å². The molecule has 0 aliphatic carbocycles. The largest absolute Gasteiger partial charge is 0.491 e. The zero-order valence-corrected chi connectivity index (χ0v) is 17.8. The van der Waals surface area contributed by atoms with Crippen LogP contribution in [0, 0.1) is 0 Å². The Morgan fingerprint density at radius 2 is 1.63 bits per heavy atom. The zero-order chi connectivity index (χ0) is 21.3. The number of ether oxygens (including phenoxy) is 1. The van der Waals surface area contributed by atoms with Gasteiger partial charge in [-0.2, -0.15) is 0 Å². The predicted octanol–water partition coefficient (Wildman–Crippen LogP) is 4.63. The van der Waals surface area contributed by atoms with Gasteiger partial charge in [0.05, 0.1) is 12.7 Å². The van der Waals surface area contributed by atoms with Crippen molar-refractivity contribution in [3.63, 3.8) is 0 Å². The van der Waals surface area contributed by atoms with E-state index in [2.05, 4.69) is 36.5 Å². The minimum atomic E-state index is -0.585. The normalized spacial score (nSPS) is 13.1.